The lowest BCUT2D eigenvalue weighted by atomic mass is 10.2. The third-order valence-corrected chi connectivity index (χ3v) is 5.57. The molecule has 0 saturated carbocycles. The van der Waals surface area contributed by atoms with Crippen molar-refractivity contribution in [3.8, 4) is 5.75 Å². The fourth-order valence-electron chi connectivity index (χ4n) is 2.88. The first-order chi connectivity index (χ1) is 14.1. The van der Waals surface area contributed by atoms with Crippen LogP contribution in [0.4, 0.5) is 4.39 Å². The molecule has 0 fully saturated rings. The minimum Gasteiger partial charge on any atom is -0.493 e. The summed E-state index contributed by atoms with van der Waals surface area (Å²) >= 11 is 7.52. The van der Waals surface area contributed by atoms with Crippen LogP contribution in [0.15, 0.2) is 60.3 Å². The lowest BCUT2D eigenvalue weighted by molar-refractivity contribution is 0.307. The Morgan fingerprint density at radius 1 is 1.24 bits per heavy atom. The van der Waals surface area contributed by atoms with Crippen LogP contribution in [0.1, 0.15) is 23.4 Å². The van der Waals surface area contributed by atoms with Crippen molar-refractivity contribution < 1.29 is 9.13 Å². The van der Waals surface area contributed by atoms with Crippen LogP contribution in [0.3, 0.4) is 0 Å². The van der Waals surface area contributed by atoms with Gasteiger partial charge in [-0.2, -0.15) is 0 Å². The normalized spacial score (nSPS) is 10.9. The quantitative estimate of drug-likeness (QED) is 0.228. The van der Waals surface area contributed by atoms with Gasteiger partial charge in [-0.1, -0.05) is 41.6 Å². The molecule has 0 amide bonds. The molecule has 0 aliphatic heterocycles. The number of thioether (sulfide) groups is 1. The van der Waals surface area contributed by atoms with Crippen molar-refractivity contribution >= 4 is 23.4 Å². The summed E-state index contributed by atoms with van der Waals surface area (Å²) in [5.74, 6) is 2.13. The number of hydrogen-bond donors (Lipinski definition) is 0. The average molecular weight is 432 g/mol. The Morgan fingerprint density at radius 2 is 2.10 bits per heavy atom. The van der Waals surface area contributed by atoms with Crippen molar-refractivity contribution in [2.75, 3.05) is 6.61 Å². The standard InChI is InChI=1S/C22H23ClFN3OS/c1-3-11-27-21(8-5-12-28-20-10-9-18(23)13-16(20)2)25-26-22(27)29-15-17-6-4-7-19(24)14-17/h3-4,6-7,9-10,13-14H,1,5,8,11-12,15H2,2H3. The molecule has 1 aromatic heterocycles. The van der Waals surface area contributed by atoms with Gasteiger partial charge in [-0.15, -0.1) is 16.8 Å². The Morgan fingerprint density at radius 3 is 2.86 bits per heavy atom. The van der Waals surface area contributed by atoms with Gasteiger partial charge in [0.25, 0.3) is 0 Å². The van der Waals surface area contributed by atoms with E-state index in [1.807, 2.05) is 41.8 Å². The molecule has 0 radical (unpaired) electrons. The topological polar surface area (TPSA) is 39.9 Å². The molecule has 0 unspecified atom stereocenters. The van der Waals surface area contributed by atoms with Crippen molar-refractivity contribution in [1.82, 2.24) is 14.8 Å². The van der Waals surface area contributed by atoms with Crippen molar-refractivity contribution in [2.45, 2.75) is 37.2 Å². The van der Waals surface area contributed by atoms with Crippen LogP contribution in [-0.4, -0.2) is 21.4 Å². The van der Waals surface area contributed by atoms with E-state index in [2.05, 4.69) is 16.8 Å². The van der Waals surface area contributed by atoms with Gasteiger partial charge in [0.1, 0.15) is 17.4 Å². The molecule has 0 atom stereocenters. The van der Waals surface area contributed by atoms with Gasteiger partial charge in [-0.3, -0.25) is 0 Å². The molecule has 0 saturated heterocycles. The molecule has 0 aliphatic rings. The van der Waals surface area contributed by atoms with Gasteiger partial charge in [-0.05, 0) is 54.8 Å². The summed E-state index contributed by atoms with van der Waals surface area (Å²) in [7, 11) is 0. The summed E-state index contributed by atoms with van der Waals surface area (Å²) in [5, 5.41) is 10.2. The molecule has 7 heteroatoms. The highest BCUT2D eigenvalue weighted by atomic mass is 35.5. The second-order valence-corrected chi connectivity index (χ2v) is 7.96. The first-order valence-corrected chi connectivity index (χ1v) is 10.7. The number of ether oxygens (including phenoxy) is 1. The fourth-order valence-corrected chi connectivity index (χ4v) is 4.02. The van der Waals surface area contributed by atoms with Gasteiger partial charge in [0, 0.05) is 23.7 Å². The van der Waals surface area contributed by atoms with Gasteiger partial charge in [0.2, 0.25) is 0 Å². The van der Waals surface area contributed by atoms with E-state index in [1.165, 1.54) is 12.1 Å². The zero-order valence-electron chi connectivity index (χ0n) is 16.3. The van der Waals surface area contributed by atoms with Crippen LogP contribution in [-0.2, 0) is 18.7 Å². The predicted octanol–water partition coefficient (Wildman–Crippen LogP) is 5.87. The smallest absolute Gasteiger partial charge is 0.191 e. The molecule has 3 rings (SSSR count). The molecule has 0 spiro atoms. The van der Waals surface area contributed by atoms with E-state index in [9.17, 15) is 4.39 Å². The van der Waals surface area contributed by atoms with Crippen LogP contribution in [0, 0.1) is 12.7 Å². The van der Waals surface area contributed by atoms with E-state index >= 15 is 0 Å². The third kappa shape index (κ3) is 6.08. The van der Waals surface area contributed by atoms with Crippen LogP contribution in [0.2, 0.25) is 5.02 Å². The molecule has 3 aromatic rings. The van der Waals surface area contributed by atoms with Crippen LogP contribution >= 0.6 is 23.4 Å². The second-order valence-electron chi connectivity index (χ2n) is 6.58. The van der Waals surface area contributed by atoms with E-state index < -0.39 is 0 Å². The molecule has 0 aliphatic carbocycles. The predicted molar refractivity (Wildman–Crippen MR) is 116 cm³/mol. The lowest BCUT2D eigenvalue weighted by Gasteiger charge is -2.10. The highest BCUT2D eigenvalue weighted by molar-refractivity contribution is 7.98. The SMILES string of the molecule is C=CCn1c(CCCOc2ccc(Cl)cc2C)nnc1SCc1cccc(F)c1. The van der Waals surface area contributed by atoms with E-state index in [1.54, 1.807) is 17.8 Å². The minimum absolute atomic E-state index is 0.229. The highest BCUT2D eigenvalue weighted by Crippen LogP contribution is 2.24. The molecule has 2 aromatic carbocycles. The maximum absolute atomic E-state index is 13.4. The number of allylic oxidation sites excluding steroid dienone is 1. The largest absolute Gasteiger partial charge is 0.493 e. The van der Waals surface area contributed by atoms with E-state index in [0.29, 0.717) is 23.9 Å². The number of aromatic nitrogens is 3. The summed E-state index contributed by atoms with van der Waals surface area (Å²) in [6.45, 7) is 7.01. The van der Waals surface area contributed by atoms with Crippen LogP contribution < -0.4 is 4.74 Å². The zero-order chi connectivity index (χ0) is 20.6. The number of rotatable bonds is 10. The summed E-state index contributed by atoms with van der Waals surface area (Å²) in [4.78, 5) is 0. The Labute approximate surface area is 179 Å². The van der Waals surface area contributed by atoms with Crippen LogP contribution in [0.25, 0.3) is 0 Å². The average Bonchev–Trinajstić information content (AvgIpc) is 3.07. The maximum atomic E-state index is 13.4. The van der Waals surface area contributed by atoms with Gasteiger partial charge < -0.3 is 9.30 Å². The van der Waals surface area contributed by atoms with Crippen molar-refractivity contribution in [2.24, 2.45) is 0 Å². The van der Waals surface area contributed by atoms with Crippen molar-refractivity contribution in [1.29, 1.82) is 0 Å². The fraction of sp³-hybridized carbons (Fsp3) is 0.273. The first kappa shape index (κ1) is 21.4. The molecule has 4 nitrogen and oxygen atoms in total. The van der Waals surface area contributed by atoms with Gasteiger partial charge in [-0.25, -0.2) is 4.39 Å². The Kier molecular flexibility index (Phi) is 7.72. The van der Waals surface area contributed by atoms with E-state index in [-0.39, 0.29) is 5.82 Å². The molecule has 1 heterocycles. The monoisotopic (exact) mass is 431 g/mol. The molecule has 152 valence electrons. The Balaban J connectivity index is 1.57. The lowest BCUT2D eigenvalue weighted by Crippen LogP contribution is -2.07. The molecular weight excluding hydrogens is 409 g/mol. The summed E-state index contributed by atoms with van der Waals surface area (Å²) in [5.41, 5.74) is 1.93. The maximum Gasteiger partial charge on any atom is 0.191 e. The second kappa shape index (κ2) is 10.5. The van der Waals surface area contributed by atoms with Crippen LogP contribution in [0.5, 0.6) is 5.75 Å². The van der Waals surface area contributed by atoms with Crippen molar-refractivity contribution in [3.63, 3.8) is 0 Å². The number of nitrogens with zero attached hydrogens (tertiary/aromatic N) is 3. The first-order valence-electron chi connectivity index (χ1n) is 9.36. The Bertz CT molecular complexity index is 976. The molecular formula is C22H23ClFN3OS. The number of hydrogen-bond acceptors (Lipinski definition) is 4. The number of aryl methyl sites for hydroxylation is 2. The summed E-state index contributed by atoms with van der Waals surface area (Å²) in [6.07, 6.45) is 3.38. The number of benzene rings is 2. The van der Waals surface area contributed by atoms with E-state index in [4.69, 9.17) is 16.3 Å². The molecule has 0 bridgehead atoms. The Hall–Kier alpha value is -2.31. The minimum atomic E-state index is -0.229. The van der Waals surface area contributed by atoms with Gasteiger partial charge >= 0.3 is 0 Å². The highest BCUT2D eigenvalue weighted by Gasteiger charge is 2.12. The summed E-state index contributed by atoms with van der Waals surface area (Å²) < 4.78 is 21.3. The molecule has 29 heavy (non-hydrogen) atoms. The van der Waals surface area contributed by atoms with E-state index in [0.717, 1.165) is 40.7 Å². The summed E-state index contributed by atoms with van der Waals surface area (Å²) in [6, 6.07) is 12.2. The zero-order valence-corrected chi connectivity index (χ0v) is 17.8. The van der Waals surface area contributed by atoms with Crippen molar-refractivity contribution in [3.05, 3.63) is 82.9 Å². The van der Waals surface area contributed by atoms with Gasteiger partial charge in [0.05, 0.1) is 6.61 Å². The third-order valence-electron chi connectivity index (χ3n) is 4.30. The van der Waals surface area contributed by atoms with Gasteiger partial charge in [0.15, 0.2) is 5.16 Å². The number of halogens is 2. The molecule has 0 N–H and O–H groups in total.